The van der Waals surface area contributed by atoms with Gasteiger partial charge in [0.2, 0.25) is 0 Å². The van der Waals surface area contributed by atoms with Crippen LogP contribution < -0.4 is 10.1 Å². The van der Waals surface area contributed by atoms with E-state index >= 15 is 0 Å². The molecule has 1 atom stereocenters. The molecule has 2 aromatic heterocycles. The van der Waals surface area contributed by atoms with Crippen LogP contribution in [0, 0.1) is 6.92 Å². The van der Waals surface area contributed by atoms with E-state index in [1.165, 1.54) is 0 Å². The Balaban J connectivity index is 1.36. The number of fused-ring (bicyclic) bond motifs is 1. The second kappa shape index (κ2) is 7.66. The van der Waals surface area contributed by atoms with Gasteiger partial charge in [-0.1, -0.05) is 24.3 Å². The lowest BCUT2D eigenvalue weighted by Gasteiger charge is -2.24. The fourth-order valence-electron chi connectivity index (χ4n) is 3.28. The lowest BCUT2D eigenvalue weighted by Crippen LogP contribution is -2.37. The van der Waals surface area contributed by atoms with Gasteiger partial charge in [-0.05, 0) is 31.5 Å². The van der Waals surface area contributed by atoms with E-state index in [9.17, 15) is 0 Å². The van der Waals surface area contributed by atoms with Gasteiger partial charge < -0.3 is 10.1 Å². The normalized spacial score (nSPS) is 16.3. The van der Waals surface area contributed by atoms with Crippen LogP contribution in [0.1, 0.15) is 29.3 Å². The molecule has 3 aromatic rings. The van der Waals surface area contributed by atoms with E-state index in [0.717, 1.165) is 54.6 Å². The highest BCUT2D eigenvalue weighted by Crippen LogP contribution is 2.20. The van der Waals surface area contributed by atoms with Crippen LogP contribution in [0.3, 0.4) is 0 Å². The molecule has 1 aliphatic heterocycles. The van der Waals surface area contributed by atoms with Gasteiger partial charge in [0.05, 0.1) is 12.2 Å². The van der Waals surface area contributed by atoms with Crippen LogP contribution in [0.15, 0.2) is 48.7 Å². The fourth-order valence-corrected chi connectivity index (χ4v) is 3.28. The number of nitrogens with one attached hydrogen (secondary N) is 1. The van der Waals surface area contributed by atoms with Crippen LogP contribution in [0.25, 0.3) is 0 Å². The maximum absolute atomic E-state index is 5.99. The van der Waals surface area contributed by atoms with Crippen molar-refractivity contribution >= 4 is 0 Å². The number of aromatic nitrogens is 4. The van der Waals surface area contributed by atoms with Gasteiger partial charge >= 0.3 is 0 Å². The van der Waals surface area contributed by atoms with Gasteiger partial charge in [-0.25, -0.2) is 9.67 Å². The van der Waals surface area contributed by atoms with Crippen molar-refractivity contribution in [2.24, 2.45) is 0 Å². The number of para-hydroxylation sites is 1. The third-order valence-corrected chi connectivity index (χ3v) is 4.62. The molecule has 0 radical (unpaired) electrons. The van der Waals surface area contributed by atoms with Crippen molar-refractivity contribution in [2.45, 2.75) is 45.5 Å². The van der Waals surface area contributed by atoms with Crippen molar-refractivity contribution in [1.82, 2.24) is 25.1 Å². The van der Waals surface area contributed by atoms with Crippen molar-refractivity contribution in [1.29, 1.82) is 0 Å². The monoisotopic (exact) mass is 349 g/mol. The van der Waals surface area contributed by atoms with Crippen molar-refractivity contribution in [3.63, 3.8) is 0 Å². The number of hydrogen-bond acceptors (Lipinski definition) is 5. The highest BCUT2D eigenvalue weighted by molar-refractivity contribution is 5.33. The van der Waals surface area contributed by atoms with Crippen LogP contribution in [-0.2, 0) is 26.1 Å². The van der Waals surface area contributed by atoms with Gasteiger partial charge in [0.1, 0.15) is 24.0 Å². The molecule has 1 aromatic carbocycles. The van der Waals surface area contributed by atoms with Crippen LogP contribution in [0.2, 0.25) is 0 Å². The molecule has 0 amide bonds. The van der Waals surface area contributed by atoms with Crippen LogP contribution in [-0.4, -0.2) is 25.8 Å². The standard InChI is InChI=1S/C20H23N5O/c1-15-23-20-10-9-17(13-25(20)24-15)22-12-16-6-2-3-8-19(16)26-14-18-7-4-5-11-21-18/h2-8,11,17,22H,9-10,12-14H2,1H3/t17-/m1/s1. The Labute approximate surface area is 153 Å². The largest absolute Gasteiger partial charge is 0.487 e. The minimum atomic E-state index is 0.396. The maximum atomic E-state index is 5.99. The molecule has 1 N–H and O–H groups in total. The van der Waals surface area contributed by atoms with Gasteiger partial charge in [0, 0.05) is 30.8 Å². The third-order valence-electron chi connectivity index (χ3n) is 4.62. The molecule has 0 spiro atoms. The van der Waals surface area contributed by atoms with Gasteiger partial charge in [0.25, 0.3) is 0 Å². The first kappa shape index (κ1) is 16.7. The molecule has 3 heterocycles. The minimum Gasteiger partial charge on any atom is -0.487 e. The molecule has 0 saturated carbocycles. The van der Waals surface area contributed by atoms with Crippen LogP contribution in [0.4, 0.5) is 0 Å². The first-order chi connectivity index (χ1) is 12.8. The Bertz CT molecular complexity index is 862. The topological polar surface area (TPSA) is 64.9 Å². The van der Waals surface area contributed by atoms with Crippen LogP contribution >= 0.6 is 0 Å². The SMILES string of the molecule is Cc1nc2n(n1)C[C@H](NCc1ccccc1OCc1ccccn1)CC2. The number of aryl methyl sites for hydroxylation is 2. The van der Waals surface area contributed by atoms with Crippen molar-refractivity contribution in [2.75, 3.05) is 0 Å². The van der Waals surface area contributed by atoms with E-state index in [1.807, 2.05) is 48.0 Å². The molecule has 0 saturated heterocycles. The Morgan fingerprint density at radius 2 is 2.08 bits per heavy atom. The van der Waals surface area contributed by atoms with E-state index in [0.29, 0.717) is 12.6 Å². The average molecular weight is 349 g/mol. The molecule has 6 heteroatoms. The zero-order valence-corrected chi connectivity index (χ0v) is 14.9. The van der Waals surface area contributed by atoms with E-state index in [-0.39, 0.29) is 0 Å². The summed E-state index contributed by atoms with van der Waals surface area (Å²) in [5.41, 5.74) is 2.08. The van der Waals surface area contributed by atoms with Crippen LogP contribution in [0.5, 0.6) is 5.75 Å². The second-order valence-corrected chi connectivity index (χ2v) is 6.59. The number of pyridine rings is 1. The Morgan fingerprint density at radius 3 is 2.96 bits per heavy atom. The summed E-state index contributed by atoms with van der Waals surface area (Å²) in [5, 5.41) is 8.11. The molecule has 0 fully saturated rings. The predicted molar refractivity (Wildman–Crippen MR) is 98.7 cm³/mol. The number of benzene rings is 1. The van der Waals surface area contributed by atoms with Gasteiger partial charge in [-0.2, -0.15) is 5.10 Å². The molecular weight excluding hydrogens is 326 g/mol. The quantitative estimate of drug-likeness (QED) is 0.741. The summed E-state index contributed by atoms with van der Waals surface area (Å²) in [5.74, 6) is 2.85. The lowest BCUT2D eigenvalue weighted by atomic mass is 10.1. The number of ether oxygens (including phenoxy) is 1. The fraction of sp³-hybridized carbons (Fsp3) is 0.350. The summed E-state index contributed by atoms with van der Waals surface area (Å²) in [6.07, 6.45) is 3.83. The minimum absolute atomic E-state index is 0.396. The summed E-state index contributed by atoms with van der Waals surface area (Å²) in [4.78, 5) is 8.78. The molecule has 4 rings (SSSR count). The zero-order chi connectivity index (χ0) is 17.8. The Morgan fingerprint density at radius 1 is 1.19 bits per heavy atom. The average Bonchev–Trinajstić information content (AvgIpc) is 3.05. The molecule has 1 aliphatic rings. The van der Waals surface area contributed by atoms with Crippen molar-refractivity contribution < 1.29 is 4.74 Å². The van der Waals surface area contributed by atoms with E-state index < -0.39 is 0 Å². The molecule has 6 nitrogen and oxygen atoms in total. The Kier molecular flexibility index (Phi) is 4.93. The number of rotatable bonds is 6. The second-order valence-electron chi connectivity index (χ2n) is 6.59. The first-order valence-corrected chi connectivity index (χ1v) is 9.02. The smallest absolute Gasteiger partial charge is 0.147 e. The molecular formula is C20H23N5O. The summed E-state index contributed by atoms with van der Waals surface area (Å²) in [7, 11) is 0. The summed E-state index contributed by atoms with van der Waals surface area (Å²) < 4.78 is 8.02. The molecule has 134 valence electrons. The summed E-state index contributed by atoms with van der Waals surface area (Å²) in [6, 6.07) is 14.4. The van der Waals surface area contributed by atoms with E-state index in [2.05, 4.69) is 26.4 Å². The number of nitrogens with zero attached hydrogens (tertiary/aromatic N) is 4. The van der Waals surface area contributed by atoms with E-state index in [1.54, 1.807) is 6.20 Å². The highest BCUT2D eigenvalue weighted by atomic mass is 16.5. The summed E-state index contributed by atoms with van der Waals surface area (Å²) in [6.45, 7) is 4.06. The first-order valence-electron chi connectivity index (χ1n) is 9.02. The zero-order valence-electron chi connectivity index (χ0n) is 14.9. The lowest BCUT2D eigenvalue weighted by molar-refractivity contribution is 0.295. The summed E-state index contributed by atoms with van der Waals surface area (Å²) >= 11 is 0. The third kappa shape index (κ3) is 3.91. The van der Waals surface area contributed by atoms with Gasteiger partial charge in [0.15, 0.2) is 0 Å². The van der Waals surface area contributed by atoms with Crippen molar-refractivity contribution in [3.8, 4) is 5.75 Å². The highest BCUT2D eigenvalue weighted by Gasteiger charge is 2.20. The van der Waals surface area contributed by atoms with E-state index in [4.69, 9.17) is 4.74 Å². The molecule has 0 unspecified atom stereocenters. The van der Waals surface area contributed by atoms with Gasteiger partial charge in [-0.3, -0.25) is 4.98 Å². The van der Waals surface area contributed by atoms with Crippen molar-refractivity contribution in [3.05, 3.63) is 71.6 Å². The molecule has 0 bridgehead atoms. The predicted octanol–water partition coefficient (Wildman–Crippen LogP) is 2.67. The Hall–Kier alpha value is -2.73. The maximum Gasteiger partial charge on any atom is 0.147 e. The molecule has 26 heavy (non-hydrogen) atoms. The molecule has 0 aliphatic carbocycles. The number of hydrogen-bond donors (Lipinski definition) is 1. The van der Waals surface area contributed by atoms with Gasteiger partial charge in [-0.15, -0.1) is 0 Å².